The molecule has 4 heteroatoms. The molecule has 1 rings (SSSR count). The van der Waals surface area contributed by atoms with Crippen molar-refractivity contribution in [2.45, 2.75) is 53.4 Å². The Morgan fingerprint density at radius 1 is 1.00 bits per heavy atom. The number of unbranched alkanes of at least 4 members (excludes halogenated alkanes) is 1. The summed E-state index contributed by atoms with van der Waals surface area (Å²) in [5.74, 6) is 0. The minimum Gasteiger partial charge on any atom is -0.397 e. The van der Waals surface area contributed by atoms with Crippen LogP contribution in [0.1, 0.15) is 53.4 Å². The SMILES string of the molecule is CCCCC1=[C-]CC=C1.CCO.CCO.CCO.[Hf]. The predicted molar refractivity (Wildman–Crippen MR) is 78.3 cm³/mol. The molecule has 0 aromatic carbocycles. The van der Waals surface area contributed by atoms with Crippen molar-refractivity contribution in [3.63, 3.8) is 0 Å². The van der Waals surface area contributed by atoms with Crippen LogP contribution >= 0.6 is 0 Å². The third-order valence-corrected chi connectivity index (χ3v) is 1.57. The van der Waals surface area contributed by atoms with E-state index in [1.807, 2.05) is 0 Å². The van der Waals surface area contributed by atoms with Crippen LogP contribution in [0.3, 0.4) is 0 Å². The molecule has 0 amide bonds. The van der Waals surface area contributed by atoms with E-state index in [-0.39, 0.29) is 45.7 Å². The summed E-state index contributed by atoms with van der Waals surface area (Å²) in [6, 6.07) is 0. The number of hydrogen-bond acceptors (Lipinski definition) is 3. The van der Waals surface area contributed by atoms with Crippen molar-refractivity contribution in [3.8, 4) is 0 Å². The molecule has 0 aromatic rings. The number of aliphatic hydroxyl groups is 3. The quantitative estimate of drug-likeness (QED) is 0.470. The molecule has 0 aromatic heterocycles. The van der Waals surface area contributed by atoms with Gasteiger partial charge >= 0.3 is 0 Å². The monoisotopic (exact) mass is 439 g/mol. The fourth-order valence-electron chi connectivity index (χ4n) is 0.989. The Morgan fingerprint density at radius 2 is 1.42 bits per heavy atom. The Labute approximate surface area is 138 Å². The average molecular weight is 438 g/mol. The molecule has 0 bridgehead atoms. The standard InChI is InChI=1S/C9H13.3C2H6O.Hf/c1-2-3-6-9-7-4-5-8-9;3*1-2-3;/h4,7H,2-3,5-6H2,1H3;3*3H,2H2,1H3;/q-1;;;;. The average Bonchev–Trinajstić information content (AvgIpc) is 2.82. The molecule has 1 aliphatic carbocycles. The molecule has 3 N–H and O–H groups in total. The van der Waals surface area contributed by atoms with Gasteiger partial charge in [0.1, 0.15) is 0 Å². The van der Waals surface area contributed by atoms with Crippen LogP contribution in [-0.4, -0.2) is 35.1 Å². The van der Waals surface area contributed by atoms with E-state index in [9.17, 15) is 0 Å². The predicted octanol–water partition coefficient (Wildman–Crippen LogP) is 2.86. The molecule has 0 heterocycles. The number of hydrogen-bond donors (Lipinski definition) is 3. The first-order valence-electron chi connectivity index (χ1n) is 6.76. The zero-order chi connectivity index (χ0) is 14.6. The van der Waals surface area contributed by atoms with E-state index in [2.05, 4.69) is 25.2 Å². The molecular formula is C15H31HfO3-. The normalized spacial score (nSPS) is 10.6. The van der Waals surface area contributed by atoms with Gasteiger partial charge in [-0.3, -0.25) is 6.08 Å². The summed E-state index contributed by atoms with van der Waals surface area (Å²) in [4.78, 5) is 0. The maximum atomic E-state index is 7.57. The van der Waals surface area contributed by atoms with Crippen LogP contribution in [0.2, 0.25) is 0 Å². The third kappa shape index (κ3) is 38.1. The topological polar surface area (TPSA) is 60.7 Å². The summed E-state index contributed by atoms with van der Waals surface area (Å²) < 4.78 is 0. The molecule has 1 aliphatic rings. The van der Waals surface area contributed by atoms with Crippen molar-refractivity contribution in [1.29, 1.82) is 0 Å². The molecule has 19 heavy (non-hydrogen) atoms. The fourth-order valence-corrected chi connectivity index (χ4v) is 0.989. The van der Waals surface area contributed by atoms with Crippen LogP contribution in [0.25, 0.3) is 0 Å². The number of aliphatic hydroxyl groups excluding tert-OH is 3. The van der Waals surface area contributed by atoms with Gasteiger partial charge in [-0.1, -0.05) is 26.2 Å². The Hall–Kier alpha value is 0.230. The molecule has 0 saturated heterocycles. The van der Waals surface area contributed by atoms with Gasteiger partial charge in [-0.15, -0.1) is 6.42 Å². The second kappa shape index (κ2) is 30.9. The van der Waals surface area contributed by atoms with Gasteiger partial charge in [0.2, 0.25) is 0 Å². The molecule has 0 spiro atoms. The Balaban J connectivity index is -0.0000000956. The molecule has 0 aliphatic heterocycles. The van der Waals surface area contributed by atoms with E-state index < -0.39 is 0 Å². The summed E-state index contributed by atoms with van der Waals surface area (Å²) >= 11 is 0. The van der Waals surface area contributed by atoms with Crippen LogP contribution in [0.5, 0.6) is 0 Å². The molecule has 0 atom stereocenters. The Kier molecular flexibility index (Phi) is 44.8. The van der Waals surface area contributed by atoms with Gasteiger partial charge in [0.25, 0.3) is 0 Å². The van der Waals surface area contributed by atoms with E-state index >= 15 is 0 Å². The van der Waals surface area contributed by atoms with Gasteiger partial charge in [0, 0.05) is 45.7 Å². The van der Waals surface area contributed by atoms with Crippen LogP contribution in [-0.2, 0) is 25.8 Å². The summed E-state index contributed by atoms with van der Waals surface area (Å²) in [6.07, 6.45) is 12.5. The number of rotatable bonds is 3. The van der Waals surface area contributed by atoms with Gasteiger partial charge in [-0.25, -0.2) is 11.6 Å². The first kappa shape index (κ1) is 27.6. The molecule has 114 valence electrons. The van der Waals surface area contributed by atoms with Gasteiger partial charge in [0.05, 0.1) is 0 Å². The maximum Gasteiger partial charge on any atom is 0.0402 e. The maximum absolute atomic E-state index is 7.57. The molecule has 0 unspecified atom stereocenters. The molecule has 0 saturated carbocycles. The van der Waals surface area contributed by atoms with Gasteiger partial charge in [-0.05, 0) is 20.8 Å². The van der Waals surface area contributed by atoms with Gasteiger partial charge < -0.3 is 15.3 Å². The molecule has 0 radical (unpaired) electrons. The van der Waals surface area contributed by atoms with E-state index in [4.69, 9.17) is 15.3 Å². The first-order chi connectivity index (χ1) is 8.67. The summed E-state index contributed by atoms with van der Waals surface area (Å²) in [5.41, 5.74) is 1.41. The van der Waals surface area contributed by atoms with E-state index in [1.54, 1.807) is 20.8 Å². The second-order valence-corrected chi connectivity index (χ2v) is 3.36. The van der Waals surface area contributed by atoms with Crippen LogP contribution in [0, 0.1) is 6.08 Å². The van der Waals surface area contributed by atoms with Crippen LogP contribution in [0.4, 0.5) is 0 Å². The molecular weight excluding hydrogens is 407 g/mol. The Bertz CT molecular complexity index is 175. The summed E-state index contributed by atoms with van der Waals surface area (Å²) in [6.45, 7) is 8.01. The summed E-state index contributed by atoms with van der Waals surface area (Å²) in [5, 5.41) is 22.7. The minimum absolute atomic E-state index is 0. The van der Waals surface area contributed by atoms with Gasteiger partial charge in [0.15, 0.2) is 0 Å². The van der Waals surface area contributed by atoms with Crippen molar-refractivity contribution in [1.82, 2.24) is 0 Å². The Morgan fingerprint density at radius 3 is 1.68 bits per heavy atom. The zero-order valence-electron chi connectivity index (χ0n) is 12.9. The van der Waals surface area contributed by atoms with Crippen LogP contribution in [0.15, 0.2) is 17.7 Å². The van der Waals surface area contributed by atoms with Gasteiger partial charge in [-0.2, -0.15) is 6.08 Å². The molecule has 3 nitrogen and oxygen atoms in total. The van der Waals surface area contributed by atoms with Crippen LogP contribution < -0.4 is 0 Å². The molecule has 0 fully saturated rings. The second-order valence-electron chi connectivity index (χ2n) is 3.36. The number of allylic oxidation sites excluding steroid dienone is 4. The summed E-state index contributed by atoms with van der Waals surface area (Å²) in [7, 11) is 0. The van der Waals surface area contributed by atoms with Crippen molar-refractivity contribution < 1.29 is 41.2 Å². The van der Waals surface area contributed by atoms with E-state index in [0.717, 1.165) is 6.42 Å². The van der Waals surface area contributed by atoms with Crippen molar-refractivity contribution in [2.75, 3.05) is 19.8 Å². The third-order valence-electron chi connectivity index (χ3n) is 1.57. The van der Waals surface area contributed by atoms with E-state index in [0.29, 0.717) is 0 Å². The minimum atomic E-state index is 0. The first-order valence-corrected chi connectivity index (χ1v) is 6.76. The smallest absolute Gasteiger partial charge is 0.0402 e. The zero-order valence-corrected chi connectivity index (χ0v) is 16.5. The van der Waals surface area contributed by atoms with Crippen molar-refractivity contribution in [2.24, 2.45) is 0 Å². The van der Waals surface area contributed by atoms with Crippen molar-refractivity contribution in [3.05, 3.63) is 23.8 Å². The van der Waals surface area contributed by atoms with Crippen molar-refractivity contribution >= 4 is 0 Å². The van der Waals surface area contributed by atoms with E-state index in [1.165, 1.54) is 24.8 Å². The fraction of sp³-hybridized carbons (Fsp3) is 0.733. The largest absolute Gasteiger partial charge is 0.397 e.